The molecule has 0 aliphatic carbocycles. The van der Waals surface area contributed by atoms with Crippen molar-refractivity contribution in [1.29, 1.82) is 0 Å². The van der Waals surface area contributed by atoms with Gasteiger partial charge in [-0.25, -0.2) is 39.9 Å². The molecule has 12 nitrogen and oxygen atoms in total. The van der Waals surface area contributed by atoms with Gasteiger partial charge in [-0.1, -0.05) is 97.1 Å². The maximum atomic E-state index is 9.75. The van der Waals surface area contributed by atoms with Crippen LogP contribution < -0.4 is 19.6 Å². The second-order valence-corrected chi connectivity index (χ2v) is 16.4. The molecule has 0 bridgehead atoms. The van der Waals surface area contributed by atoms with Crippen molar-refractivity contribution in [1.82, 2.24) is 39.9 Å². The third-order valence-electron chi connectivity index (χ3n) is 11.0. The number of nitrogens with zero attached hydrogens (tertiary/aromatic N) is 12. The Morgan fingerprint density at radius 3 is 0.463 bits per heavy atom. The molecule has 80 heavy (non-hydrogen) atoms. The van der Waals surface area contributed by atoms with Gasteiger partial charge in [-0.15, -0.1) is 0 Å². The van der Waals surface area contributed by atoms with Crippen molar-refractivity contribution in [3.8, 4) is 0 Å². The predicted molar refractivity (Wildman–Crippen MR) is 291 cm³/mol. The molecular weight excluding hydrogens is 1230 g/mol. The molecule has 416 valence electrons. The SMILES string of the molecule is F[B-](F)(F)F.F[B-](F)(F)F.[Ag+].[Ag+].c1ccc(N(Cc2ccccc2CN(c2ccccn2)c2ccccn2)c2ccccn2)nc1.c1ccc(N(Cc2ccccc2CN(c2ccccn2)c2ccccn2)c2ccccn2)nc1. The number of aromatic nitrogens is 8. The average molecular weight is 1280 g/mol. The molecule has 10 aromatic rings. The molecule has 0 unspecified atom stereocenters. The van der Waals surface area contributed by atoms with Crippen LogP contribution in [0.4, 0.5) is 81.1 Å². The molecule has 0 N–H and O–H groups in total. The van der Waals surface area contributed by atoms with Crippen LogP contribution in [0.2, 0.25) is 0 Å². The van der Waals surface area contributed by atoms with Crippen LogP contribution in [-0.2, 0) is 70.9 Å². The zero-order valence-corrected chi connectivity index (χ0v) is 45.0. The fourth-order valence-electron chi connectivity index (χ4n) is 7.64. The first-order valence-corrected chi connectivity index (χ1v) is 24.0. The molecule has 8 aromatic heterocycles. The minimum atomic E-state index is -6.00. The van der Waals surface area contributed by atoms with Crippen molar-refractivity contribution in [2.45, 2.75) is 26.2 Å². The second-order valence-electron chi connectivity index (χ2n) is 16.4. The smallest absolute Gasteiger partial charge is 0.418 e. The summed E-state index contributed by atoms with van der Waals surface area (Å²) < 4.78 is 78.0. The molecule has 0 amide bonds. The summed E-state index contributed by atoms with van der Waals surface area (Å²) >= 11 is 0. The topological polar surface area (TPSA) is 116 Å². The van der Waals surface area contributed by atoms with E-state index in [1.54, 1.807) is 49.6 Å². The number of rotatable bonds is 16. The summed E-state index contributed by atoms with van der Waals surface area (Å²) in [5.41, 5.74) is 4.71. The number of hydrogen-bond donors (Lipinski definition) is 0. The van der Waals surface area contributed by atoms with Crippen molar-refractivity contribution < 1.29 is 79.3 Å². The maximum absolute atomic E-state index is 9.75. The van der Waals surface area contributed by atoms with Crippen LogP contribution in [-0.4, -0.2) is 54.4 Å². The normalized spacial score (nSPS) is 10.5. The molecule has 0 spiro atoms. The Hall–Kier alpha value is -8.11. The molecule has 8 heterocycles. The Kier molecular flexibility index (Phi) is 25.2. The maximum Gasteiger partial charge on any atom is 1.00 e. The van der Waals surface area contributed by atoms with Crippen LogP contribution >= 0.6 is 0 Å². The van der Waals surface area contributed by atoms with Crippen molar-refractivity contribution in [3.05, 3.63) is 266 Å². The minimum Gasteiger partial charge on any atom is -0.418 e. The van der Waals surface area contributed by atoms with Gasteiger partial charge in [0.1, 0.15) is 46.5 Å². The van der Waals surface area contributed by atoms with E-state index in [0.29, 0.717) is 26.2 Å². The van der Waals surface area contributed by atoms with Gasteiger partial charge in [0.25, 0.3) is 0 Å². The standard InChI is InChI=1S/2C28H24N6.2Ag.2BF4/c2*1-2-12-24(22-34(27-15-5-9-19-31-27)28-16-6-10-20-32-28)23(11-1)21-33(25-13-3-7-17-29-25)26-14-4-8-18-30-26;;;2*2-1(3,4)5/h2*1-20H,21-22H2;;;;/q;;2*+1;2*-1. The van der Waals surface area contributed by atoms with Gasteiger partial charge in [-0.05, 0) is 119 Å². The molecule has 24 heteroatoms. The Bertz CT molecular complexity index is 2680. The number of hydrogen-bond acceptors (Lipinski definition) is 12. The fourth-order valence-corrected chi connectivity index (χ4v) is 7.64. The zero-order chi connectivity index (χ0) is 55.0. The van der Waals surface area contributed by atoms with E-state index < -0.39 is 14.5 Å². The summed E-state index contributed by atoms with van der Waals surface area (Å²) in [7, 11) is -12.0. The van der Waals surface area contributed by atoms with Gasteiger partial charge in [0, 0.05) is 49.6 Å². The van der Waals surface area contributed by atoms with Crippen LogP contribution in [0, 0.1) is 0 Å². The van der Waals surface area contributed by atoms with E-state index >= 15 is 0 Å². The predicted octanol–water partition coefficient (Wildman–Crippen LogP) is 14.5. The molecule has 0 aliphatic rings. The Morgan fingerprint density at radius 2 is 0.350 bits per heavy atom. The van der Waals surface area contributed by atoms with E-state index in [0.717, 1.165) is 46.5 Å². The largest absolute Gasteiger partial charge is 1.00 e. The Morgan fingerprint density at radius 1 is 0.225 bits per heavy atom. The van der Waals surface area contributed by atoms with Gasteiger partial charge in [0.2, 0.25) is 0 Å². The fraction of sp³-hybridized carbons (Fsp3) is 0.0714. The van der Waals surface area contributed by atoms with Crippen molar-refractivity contribution in [2.24, 2.45) is 0 Å². The third kappa shape index (κ3) is 20.9. The number of benzene rings is 2. The van der Waals surface area contributed by atoms with Crippen molar-refractivity contribution in [3.63, 3.8) is 0 Å². The summed E-state index contributed by atoms with van der Waals surface area (Å²) in [5, 5.41) is 0. The molecule has 0 saturated carbocycles. The molecule has 0 fully saturated rings. The number of pyridine rings is 8. The second kappa shape index (κ2) is 32.1. The first-order chi connectivity index (χ1) is 37.8. The quantitative estimate of drug-likeness (QED) is 0.0677. The van der Waals surface area contributed by atoms with Crippen molar-refractivity contribution >= 4 is 61.1 Å². The Balaban J connectivity index is 0.000000246. The van der Waals surface area contributed by atoms with Crippen LogP contribution in [0.5, 0.6) is 0 Å². The van der Waals surface area contributed by atoms with Gasteiger partial charge < -0.3 is 54.1 Å². The summed E-state index contributed by atoms with van der Waals surface area (Å²) in [4.78, 5) is 45.3. The van der Waals surface area contributed by atoms with Gasteiger partial charge in [0.05, 0.1) is 26.2 Å². The van der Waals surface area contributed by atoms with E-state index in [2.05, 4.69) is 108 Å². The third-order valence-corrected chi connectivity index (χ3v) is 11.0. The summed E-state index contributed by atoms with van der Waals surface area (Å²) in [6.45, 7) is 2.51. The monoisotopic (exact) mass is 1280 g/mol. The zero-order valence-electron chi connectivity index (χ0n) is 42.1. The molecule has 2 aromatic carbocycles. The minimum absolute atomic E-state index is 0. The first kappa shape index (κ1) is 62.7. The molecule has 0 saturated heterocycles. The van der Waals surface area contributed by atoms with E-state index in [1.807, 2.05) is 146 Å². The van der Waals surface area contributed by atoms with E-state index in [-0.39, 0.29) is 44.8 Å². The molecule has 0 radical (unpaired) electrons. The number of halogens is 8. The van der Waals surface area contributed by atoms with Crippen LogP contribution in [0.15, 0.2) is 244 Å². The van der Waals surface area contributed by atoms with Gasteiger partial charge in [0.15, 0.2) is 0 Å². The number of anilines is 8. The van der Waals surface area contributed by atoms with Crippen LogP contribution in [0.25, 0.3) is 0 Å². The van der Waals surface area contributed by atoms with Gasteiger partial charge in [-0.3, -0.25) is 0 Å². The van der Waals surface area contributed by atoms with Crippen molar-refractivity contribution in [2.75, 3.05) is 19.6 Å². The van der Waals surface area contributed by atoms with E-state index in [9.17, 15) is 34.5 Å². The molecular formula is C56H48Ag2B2F8N12. The van der Waals surface area contributed by atoms with E-state index in [1.165, 1.54) is 22.3 Å². The van der Waals surface area contributed by atoms with E-state index in [4.69, 9.17) is 0 Å². The van der Waals surface area contributed by atoms with Gasteiger partial charge >= 0.3 is 59.3 Å². The first-order valence-electron chi connectivity index (χ1n) is 24.0. The molecule has 10 rings (SSSR count). The Labute approximate surface area is 489 Å². The van der Waals surface area contributed by atoms with Gasteiger partial charge in [-0.2, -0.15) is 0 Å². The average Bonchev–Trinajstić information content (AvgIpc) is 3.48. The molecule has 0 aliphatic heterocycles. The van der Waals surface area contributed by atoms with Crippen LogP contribution in [0.1, 0.15) is 22.3 Å². The molecule has 0 atom stereocenters. The summed E-state index contributed by atoms with van der Waals surface area (Å²) in [6, 6.07) is 64.3. The van der Waals surface area contributed by atoms with Crippen LogP contribution in [0.3, 0.4) is 0 Å². The summed E-state index contributed by atoms with van der Waals surface area (Å²) in [5.74, 6) is 6.79. The summed E-state index contributed by atoms with van der Waals surface area (Å²) in [6.07, 6.45) is 14.5.